The van der Waals surface area contributed by atoms with Gasteiger partial charge in [0.1, 0.15) is 0 Å². The summed E-state index contributed by atoms with van der Waals surface area (Å²) in [6.07, 6.45) is 4.99. The lowest BCUT2D eigenvalue weighted by molar-refractivity contribution is 0.168. The fourth-order valence-corrected chi connectivity index (χ4v) is 2.49. The summed E-state index contributed by atoms with van der Waals surface area (Å²) in [6, 6.07) is 0. The third-order valence-corrected chi connectivity index (χ3v) is 3.14. The van der Waals surface area contributed by atoms with Gasteiger partial charge in [-0.2, -0.15) is 0 Å². The Bertz CT molecular complexity index is 130. The van der Waals surface area contributed by atoms with Gasteiger partial charge in [0, 0.05) is 0 Å². The Morgan fingerprint density at radius 3 is 3.18 bits per heavy atom. The molecule has 0 unspecified atom stereocenters. The SMILES string of the molecule is CCN1CC[C@@H]2CCCN[C@@H]21. The second-order valence-corrected chi connectivity index (χ2v) is 3.72. The van der Waals surface area contributed by atoms with Crippen molar-refractivity contribution in [2.75, 3.05) is 19.6 Å². The minimum Gasteiger partial charge on any atom is -0.301 e. The standard InChI is InChI=1S/C9H18N2/c1-2-11-7-5-8-4-3-6-10-9(8)11/h8-10H,2-7H2,1H3/t8-,9+/m0/s1. The van der Waals surface area contributed by atoms with Crippen LogP contribution in [-0.4, -0.2) is 30.7 Å². The van der Waals surface area contributed by atoms with Crippen LogP contribution in [0.25, 0.3) is 0 Å². The molecule has 2 nitrogen and oxygen atoms in total. The van der Waals surface area contributed by atoms with Crippen molar-refractivity contribution in [2.24, 2.45) is 5.92 Å². The molecule has 2 saturated heterocycles. The van der Waals surface area contributed by atoms with Crippen LogP contribution < -0.4 is 5.32 Å². The van der Waals surface area contributed by atoms with Crippen LogP contribution in [0.4, 0.5) is 0 Å². The molecule has 2 aliphatic rings. The lowest BCUT2D eigenvalue weighted by atomic mass is 9.96. The second kappa shape index (κ2) is 3.11. The zero-order valence-corrected chi connectivity index (χ0v) is 7.34. The van der Waals surface area contributed by atoms with Gasteiger partial charge in [0.25, 0.3) is 0 Å². The second-order valence-electron chi connectivity index (χ2n) is 3.72. The molecule has 0 amide bonds. The molecule has 2 heteroatoms. The molecule has 11 heavy (non-hydrogen) atoms. The minimum atomic E-state index is 0.730. The lowest BCUT2D eigenvalue weighted by Gasteiger charge is -2.32. The lowest BCUT2D eigenvalue weighted by Crippen LogP contribution is -2.47. The van der Waals surface area contributed by atoms with Gasteiger partial charge in [-0.25, -0.2) is 0 Å². The Balaban J connectivity index is 1.98. The van der Waals surface area contributed by atoms with Crippen molar-refractivity contribution in [1.82, 2.24) is 10.2 Å². The van der Waals surface area contributed by atoms with E-state index in [1.165, 1.54) is 38.9 Å². The van der Waals surface area contributed by atoms with Crippen LogP contribution in [0.3, 0.4) is 0 Å². The summed E-state index contributed by atoms with van der Waals surface area (Å²) < 4.78 is 0. The monoisotopic (exact) mass is 154 g/mol. The molecule has 1 N–H and O–H groups in total. The smallest absolute Gasteiger partial charge is 0.0626 e. The first-order chi connectivity index (χ1) is 5.42. The Morgan fingerprint density at radius 1 is 1.45 bits per heavy atom. The molecule has 0 spiro atoms. The number of rotatable bonds is 1. The first-order valence-corrected chi connectivity index (χ1v) is 4.89. The summed E-state index contributed by atoms with van der Waals surface area (Å²) in [7, 11) is 0. The zero-order valence-electron chi connectivity index (χ0n) is 7.34. The maximum absolute atomic E-state index is 3.61. The van der Waals surface area contributed by atoms with Gasteiger partial charge >= 0.3 is 0 Å². The van der Waals surface area contributed by atoms with E-state index in [9.17, 15) is 0 Å². The van der Waals surface area contributed by atoms with Crippen LogP contribution >= 0.6 is 0 Å². The van der Waals surface area contributed by atoms with Crippen molar-refractivity contribution in [1.29, 1.82) is 0 Å². The molecule has 2 atom stereocenters. The highest BCUT2D eigenvalue weighted by Crippen LogP contribution is 2.28. The highest BCUT2D eigenvalue weighted by Gasteiger charge is 2.34. The van der Waals surface area contributed by atoms with Crippen LogP contribution in [0, 0.1) is 5.92 Å². The van der Waals surface area contributed by atoms with Crippen LogP contribution in [0.15, 0.2) is 0 Å². The van der Waals surface area contributed by atoms with E-state index in [1.807, 2.05) is 0 Å². The summed E-state index contributed by atoms with van der Waals surface area (Å²) in [5, 5.41) is 3.61. The maximum Gasteiger partial charge on any atom is 0.0626 e. The van der Waals surface area contributed by atoms with Crippen molar-refractivity contribution in [2.45, 2.75) is 32.4 Å². The van der Waals surface area contributed by atoms with Crippen LogP contribution in [-0.2, 0) is 0 Å². The van der Waals surface area contributed by atoms with Gasteiger partial charge in [0.2, 0.25) is 0 Å². The average molecular weight is 154 g/mol. The van der Waals surface area contributed by atoms with E-state index >= 15 is 0 Å². The van der Waals surface area contributed by atoms with Gasteiger partial charge < -0.3 is 5.32 Å². The number of likely N-dealkylation sites (tertiary alicyclic amines) is 1. The van der Waals surface area contributed by atoms with E-state index in [2.05, 4.69) is 17.1 Å². The molecule has 0 aromatic carbocycles. The molecule has 0 aromatic heterocycles. The fourth-order valence-electron chi connectivity index (χ4n) is 2.49. The van der Waals surface area contributed by atoms with E-state index < -0.39 is 0 Å². The first-order valence-electron chi connectivity index (χ1n) is 4.89. The molecule has 2 aliphatic heterocycles. The largest absolute Gasteiger partial charge is 0.301 e. The Morgan fingerprint density at radius 2 is 2.36 bits per heavy atom. The van der Waals surface area contributed by atoms with E-state index in [4.69, 9.17) is 0 Å². The van der Waals surface area contributed by atoms with E-state index in [1.54, 1.807) is 0 Å². The van der Waals surface area contributed by atoms with Gasteiger partial charge in [-0.15, -0.1) is 0 Å². The first kappa shape index (κ1) is 7.56. The molecule has 2 rings (SSSR count). The molecule has 0 bridgehead atoms. The van der Waals surface area contributed by atoms with Crippen molar-refractivity contribution in [3.8, 4) is 0 Å². The third kappa shape index (κ3) is 1.30. The van der Waals surface area contributed by atoms with Crippen LogP contribution in [0.5, 0.6) is 0 Å². The van der Waals surface area contributed by atoms with E-state index in [0.717, 1.165) is 12.1 Å². The predicted molar refractivity (Wildman–Crippen MR) is 46.4 cm³/mol. The molecule has 64 valence electrons. The van der Waals surface area contributed by atoms with Gasteiger partial charge in [-0.1, -0.05) is 6.92 Å². The van der Waals surface area contributed by atoms with Gasteiger partial charge in [-0.05, 0) is 44.8 Å². The predicted octanol–water partition coefficient (Wildman–Crippen LogP) is 1.04. The van der Waals surface area contributed by atoms with Crippen molar-refractivity contribution >= 4 is 0 Å². The normalized spacial score (nSPS) is 39.0. The highest BCUT2D eigenvalue weighted by molar-refractivity contribution is 4.87. The molecular weight excluding hydrogens is 136 g/mol. The summed E-state index contributed by atoms with van der Waals surface area (Å²) >= 11 is 0. The van der Waals surface area contributed by atoms with Crippen LogP contribution in [0.1, 0.15) is 26.2 Å². The molecule has 0 saturated carbocycles. The number of nitrogens with zero attached hydrogens (tertiary/aromatic N) is 1. The topological polar surface area (TPSA) is 15.3 Å². The Labute approximate surface area is 69.0 Å². The molecule has 0 aromatic rings. The van der Waals surface area contributed by atoms with E-state index in [0.29, 0.717) is 0 Å². The highest BCUT2D eigenvalue weighted by atomic mass is 15.3. The van der Waals surface area contributed by atoms with Gasteiger partial charge in [0.05, 0.1) is 6.17 Å². The number of nitrogens with one attached hydrogen (secondary N) is 1. The van der Waals surface area contributed by atoms with Gasteiger partial charge in [0.15, 0.2) is 0 Å². The Hall–Kier alpha value is -0.0800. The molecule has 2 heterocycles. The van der Waals surface area contributed by atoms with Crippen molar-refractivity contribution in [3.05, 3.63) is 0 Å². The third-order valence-electron chi connectivity index (χ3n) is 3.14. The zero-order chi connectivity index (χ0) is 7.68. The Kier molecular flexibility index (Phi) is 2.14. The van der Waals surface area contributed by atoms with Crippen LogP contribution in [0.2, 0.25) is 0 Å². The molecular formula is C9H18N2. The number of hydrogen-bond donors (Lipinski definition) is 1. The molecule has 2 fully saturated rings. The van der Waals surface area contributed by atoms with Crippen molar-refractivity contribution in [3.63, 3.8) is 0 Å². The summed E-state index contributed by atoms with van der Waals surface area (Å²) in [6.45, 7) is 6.03. The summed E-state index contributed by atoms with van der Waals surface area (Å²) in [4.78, 5) is 2.57. The summed E-state index contributed by atoms with van der Waals surface area (Å²) in [5.41, 5.74) is 0. The summed E-state index contributed by atoms with van der Waals surface area (Å²) in [5.74, 6) is 0.962. The number of piperidine rings is 1. The molecule has 0 aliphatic carbocycles. The quantitative estimate of drug-likeness (QED) is 0.607. The fraction of sp³-hybridized carbons (Fsp3) is 1.00. The van der Waals surface area contributed by atoms with E-state index in [-0.39, 0.29) is 0 Å². The van der Waals surface area contributed by atoms with Crippen molar-refractivity contribution < 1.29 is 0 Å². The average Bonchev–Trinajstić information content (AvgIpc) is 2.47. The number of hydrogen-bond acceptors (Lipinski definition) is 2. The minimum absolute atomic E-state index is 0.730. The number of fused-ring (bicyclic) bond motifs is 1. The van der Waals surface area contributed by atoms with Gasteiger partial charge in [-0.3, -0.25) is 4.90 Å². The molecule has 0 radical (unpaired) electrons. The maximum atomic E-state index is 3.61.